The van der Waals surface area contributed by atoms with E-state index in [1.165, 1.54) is 6.20 Å². The maximum Gasteiger partial charge on any atom is 0.335 e. The van der Waals surface area contributed by atoms with Crippen molar-refractivity contribution in [3.63, 3.8) is 0 Å². The molecular formula is C14H14N2O3. The number of para-hydroxylation sites is 1. The van der Waals surface area contributed by atoms with Crippen LogP contribution in [0.4, 0.5) is 0 Å². The Kier molecular flexibility index (Phi) is 4.34. The number of hydrogen-bond acceptors (Lipinski definition) is 4. The molecule has 2 aromatic rings. The standard InChI is InChI=1S/C14H14N2O3/c1-2-14(17)19-13-10-15-16(11-13)8-9-18-12-6-4-3-5-7-12/h2-7,10-11H,1,8-9H2. The van der Waals surface area contributed by atoms with E-state index in [1.54, 1.807) is 10.9 Å². The van der Waals surface area contributed by atoms with Crippen LogP contribution in [-0.2, 0) is 11.3 Å². The van der Waals surface area contributed by atoms with E-state index < -0.39 is 5.97 Å². The van der Waals surface area contributed by atoms with Crippen molar-refractivity contribution in [3.05, 3.63) is 55.4 Å². The van der Waals surface area contributed by atoms with Crippen LogP contribution < -0.4 is 9.47 Å². The van der Waals surface area contributed by atoms with Crippen LogP contribution in [0, 0.1) is 0 Å². The highest BCUT2D eigenvalue weighted by atomic mass is 16.5. The molecule has 0 spiro atoms. The Balaban J connectivity index is 1.80. The van der Waals surface area contributed by atoms with Crippen molar-refractivity contribution in [2.24, 2.45) is 0 Å². The van der Waals surface area contributed by atoms with Gasteiger partial charge in [0.15, 0.2) is 5.75 Å². The fourth-order valence-electron chi connectivity index (χ4n) is 1.45. The second-order valence-electron chi connectivity index (χ2n) is 3.73. The van der Waals surface area contributed by atoms with Crippen molar-refractivity contribution in [1.82, 2.24) is 9.78 Å². The van der Waals surface area contributed by atoms with Crippen LogP contribution in [0.25, 0.3) is 0 Å². The Morgan fingerprint density at radius 3 is 2.84 bits per heavy atom. The molecule has 2 rings (SSSR count). The lowest BCUT2D eigenvalue weighted by Crippen LogP contribution is -2.08. The van der Waals surface area contributed by atoms with Gasteiger partial charge in [0, 0.05) is 6.08 Å². The summed E-state index contributed by atoms with van der Waals surface area (Å²) < 4.78 is 12.1. The molecule has 98 valence electrons. The van der Waals surface area contributed by atoms with Crippen LogP contribution in [0.15, 0.2) is 55.4 Å². The lowest BCUT2D eigenvalue weighted by Gasteiger charge is -2.05. The van der Waals surface area contributed by atoms with Crippen molar-refractivity contribution >= 4 is 5.97 Å². The monoisotopic (exact) mass is 258 g/mol. The molecule has 0 atom stereocenters. The topological polar surface area (TPSA) is 53.3 Å². The molecule has 1 aromatic carbocycles. The zero-order valence-electron chi connectivity index (χ0n) is 10.4. The summed E-state index contributed by atoms with van der Waals surface area (Å²) in [5, 5.41) is 4.06. The number of hydrogen-bond donors (Lipinski definition) is 0. The van der Waals surface area contributed by atoms with Gasteiger partial charge in [-0.1, -0.05) is 24.8 Å². The zero-order chi connectivity index (χ0) is 13.5. The van der Waals surface area contributed by atoms with Gasteiger partial charge >= 0.3 is 5.97 Å². The Bertz CT molecular complexity index is 549. The maximum absolute atomic E-state index is 11.0. The smallest absolute Gasteiger partial charge is 0.335 e. The van der Waals surface area contributed by atoms with E-state index in [0.717, 1.165) is 11.8 Å². The van der Waals surface area contributed by atoms with Gasteiger partial charge in [0.1, 0.15) is 12.4 Å². The number of carbonyl (C=O) groups is 1. The van der Waals surface area contributed by atoms with Crippen molar-refractivity contribution in [2.75, 3.05) is 6.61 Å². The number of nitrogens with zero attached hydrogens (tertiary/aromatic N) is 2. The second-order valence-corrected chi connectivity index (χ2v) is 3.73. The summed E-state index contributed by atoms with van der Waals surface area (Å²) in [6.07, 6.45) is 4.22. The minimum Gasteiger partial charge on any atom is -0.492 e. The lowest BCUT2D eigenvalue weighted by atomic mass is 10.3. The van der Waals surface area contributed by atoms with E-state index >= 15 is 0 Å². The minimum atomic E-state index is -0.500. The highest BCUT2D eigenvalue weighted by molar-refractivity contribution is 5.83. The van der Waals surface area contributed by atoms with Crippen LogP contribution in [0.3, 0.4) is 0 Å². The summed E-state index contributed by atoms with van der Waals surface area (Å²) in [4.78, 5) is 11.0. The molecule has 0 saturated carbocycles. The van der Waals surface area contributed by atoms with Gasteiger partial charge in [0.2, 0.25) is 0 Å². The molecular weight excluding hydrogens is 244 g/mol. The third kappa shape index (κ3) is 3.99. The fraction of sp³-hybridized carbons (Fsp3) is 0.143. The summed E-state index contributed by atoms with van der Waals surface area (Å²) in [5.41, 5.74) is 0. The van der Waals surface area contributed by atoms with Crippen molar-refractivity contribution < 1.29 is 14.3 Å². The molecule has 0 radical (unpaired) electrons. The highest BCUT2D eigenvalue weighted by Gasteiger charge is 2.03. The number of rotatable bonds is 6. The number of aromatic nitrogens is 2. The molecule has 5 nitrogen and oxygen atoms in total. The normalized spacial score (nSPS) is 9.89. The van der Waals surface area contributed by atoms with Crippen LogP contribution in [0.1, 0.15) is 0 Å². The van der Waals surface area contributed by atoms with Crippen molar-refractivity contribution in [1.29, 1.82) is 0 Å². The summed E-state index contributed by atoms with van der Waals surface area (Å²) in [6, 6.07) is 9.54. The van der Waals surface area contributed by atoms with Crippen LogP contribution in [0.2, 0.25) is 0 Å². The van der Waals surface area contributed by atoms with E-state index in [-0.39, 0.29) is 0 Å². The summed E-state index contributed by atoms with van der Waals surface area (Å²) in [5.74, 6) is 0.706. The van der Waals surface area contributed by atoms with Crippen LogP contribution >= 0.6 is 0 Å². The molecule has 1 heterocycles. The van der Waals surface area contributed by atoms with E-state index in [9.17, 15) is 4.79 Å². The molecule has 1 aromatic heterocycles. The predicted octanol–water partition coefficient (Wildman–Crippen LogP) is 2.05. The van der Waals surface area contributed by atoms with Gasteiger partial charge in [-0.15, -0.1) is 0 Å². The average Bonchev–Trinajstić information content (AvgIpc) is 2.87. The number of esters is 1. The Labute approximate surface area is 111 Å². The molecule has 0 fully saturated rings. The van der Waals surface area contributed by atoms with Crippen LogP contribution in [0.5, 0.6) is 11.5 Å². The molecule has 0 bridgehead atoms. The summed E-state index contributed by atoms with van der Waals surface area (Å²) in [7, 11) is 0. The molecule has 19 heavy (non-hydrogen) atoms. The maximum atomic E-state index is 11.0. The van der Waals surface area contributed by atoms with Gasteiger partial charge in [-0.3, -0.25) is 4.68 Å². The quantitative estimate of drug-likeness (QED) is 0.588. The lowest BCUT2D eigenvalue weighted by molar-refractivity contribution is -0.128. The average molecular weight is 258 g/mol. The largest absolute Gasteiger partial charge is 0.492 e. The molecule has 0 N–H and O–H groups in total. The van der Waals surface area contributed by atoms with Gasteiger partial charge in [-0.05, 0) is 12.1 Å². The highest BCUT2D eigenvalue weighted by Crippen LogP contribution is 2.10. The van der Waals surface area contributed by atoms with Crippen molar-refractivity contribution in [2.45, 2.75) is 6.54 Å². The van der Waals surface area contributed by atoms with Gasteiger partial charge in [-0.25, -0.2) is 4.79 Å². The molecule has 0 aliphatic heterocycles. The Morgan fingerprint density at radius 1 is 1.32 bits per heavy atom. The molecule has 0 aliphatic rings. The van der Waals surface area contributed by atoms with Gasteiger partial charge < -0.3 is 9.47 Å². The second kappa shape index (κ2) is 6.39. The number of carbonyl (C=O) groups excluding carboxylic acids is 1. The Morgan fingerprint density at radius 2 is 2.11 bits per heavy atom. The minimum absolute atomic E-state index is 0.393. The molecule has 0 saturated heterocycles. The molecule has 0 aliphatic carbocycles. The first-order chi connectivity index (χ1) is 9.28. The molecule has 0 amide bonds. The molecule has 5 heteroatoms. The van der Waals surface area contributed by atoms with E-state index in [1.807, 2.05) is 30.3 Å². The third-order valence-electron chi connectivity index (χ3n) is 2.33. The third-order valence-corrected chi connectivity index (χ3v) is 2.33. The number of ether oxygens (including phenoxy) is 2. The number of benzene rings is 1. The predicted molar refractivity (Wildman–Crippen MR) is 70.0 cm³/mol. The first-order valence-electron chi connectivity index (χ1n) is 5.82. The summed E-state index contributed by atoms with van der Waals surface area (Å²) in [6.45, 7) is 4.38. The zero-order valence-corrected chi connectivity index (χ0v) is 10.4. The van der Waals surface area contributed by atoms with E-state index in [4.69, 9.17) is 9.47 Å². The van der Waals surface area contributed by atoms with E-state index in [0.29, 0.717) is 18.9 Å². The SMILES string of the molecule is C=CC(=O)Oc1cnn(CCOc2ccccc2)c1. The summed E-state index contributed by atoms with van der Waals surface area (Å²) >= 11 is 0. The fourth-order valence-corrected chi connectivity index (χ4v) is 1.45. The van der Waals surface area contributed by atoms with Gasteiger partial charge in [-0.2, -0.15) is 5.10 Å². The first kappa shape index (κ1) is 12.9. The molecule has 0 unspecified atom stereocenters. The van der Waals surface area contributed by atoms with Crippen LogP contribution in [-0.4, -0.2) is 22.4 Å². The van der Waals surface area contributed by atoms with Crippen molar-refractivity contribution in [3.8, 4) is 11.5 Å². The van der Waals surface area contributed by atoms with E-state index in [2.05, 4.69) is 11.7 Å². The Hall–Kier alpha value is -2.56. The van der Waals surface area contributed by atoms with Gasteiger partial charge in [0.05, 0.1) is 18.9 Å². The van der Waals surface area contributed by atoms with Gasteiger partial charge in [0.25, 0.3) is 0 Å². The first-order valence-corrected chi connectivity index (χ1v) is 5.82.